The van der Waals surface area contributed by atoms with Crippen LogP contribution in [0.2, 0.25) is 0 Å². The van der Waals surface area contributed by atoms with Gasteiger partial charge in [-0.3, -0.25) is 4.79 Å². The highest BCUT2D eigenvalue weighted by molar-refractivity contribution is 7.17. The summed E-state index contributed by atoms with van der Waals surface area (Å²) in [5, 5.41) is 10.8. The molecule has 2 aromatic heterocycles. The Balaban J connectivity index is 1.82. The van der Waals surface area contributed by atoms with Crippen molar-refractivity contribution >= 4 is 28.2 Å². The average Bonchev–Trinajstić information content (AvgIpc) is 3.07. The molecule has 0 fully saturated rings. The molecule has 7 nitrogen and oxygen atoms in total. The normalized spacial score (nSPS) is 13.5. The van der Waals surface area contributed by atoms with Gasteiger partial charge in [0.15, 0.2) is 6.61 Å². The van der Waals surface area contributed by atoms with Crippen LogP contribution in [0.15, 0.2) is 4.42 Å². The van der Waals surface area contributed by atoms with E-state index in [-0.39, 0.29) is 18.4 Å². The fourth-order valence-corrected chi connectivity index (χ4v) is 3.95. The van der Waals surface area contributed by atoms with Gasteiger partial charge in [0.25, 0.3) is 5.89 Å². The third-order valence-electron chi connectivity index (χ3n) is 3.56. The van der Waals surface area contributed by atoms with Gasteiger partial charge in [0.1, 0.15) is 5.00 Å². The molecule has 0 aromatic carbocycles. The van der Waals surface area contributed by atoms with Gasteiger partial charge < -0.3 is 14.5 Å². The van der Waals surface area contributed by atoms with Crippen molar-refractivity contribution in [3.63, 3.8) is 0 Å². The van der Waals surface area contributed by atoms with Crippen molar-refractivity contribution in [1.82, 2.24) is 10.2 Å². The Morgan fingerprint density at radius 1 is 1.30 bits per heavy atom. The van der Waals surface area contributed by atoms with Crippen LogP contribution < -0.4 is 5.32 Å². The summed E-state index contributed by atoms with van der Waals surface area (Å²) in [5.74, 6) is -0.00176. The molecule has 1 N–H and O–H groups in total. The number of hydrogen-bond acceptors (Lipinski definition) is 7. The van der Waals surface area contributed by atoms with Crippen molar-refractivity contribution in [2.24, 2.45) is 0 Å². The first-order valence-corrected chi connectivity index (χ1v) is 8.24. The molecular weight excluding hydrogens is 318 g/mol. The predicted molar refractivity (Wildman–Crippen MR) is 83.4 cm³/mol. The first-order chi connectivity index (χ1) is 11.0. The molecule has 0 spiro atoms. The number of carbonyl (C=O) groups is 2. The molecule has 0 saturated heterocycles. The van der Waals surface area contributed by atoms with Gasteiger partial charge in [-0.15, -0.1) is 21.5 Å². The number of esters is 1. The largest absolute Gasteiger partial charge is 0.452 e. The van der Waals surface area contributed by atoms with Crippen molar-refractivity contribution in [3.05, 3.63) is 27.8 Å². The van der Waals surface area contributed by atoms with E-state index >= 15 is 0 Å². The van der Waals surface area contributed by atoms with Crippen LogP contribution in [0.4, 0.5) is 5.00 Å². The number of amides is 1. The molecule has 0 unspecified atom stereocenters. The first kappa shape index (κ1) is 15.7. The maximum Gasteiger partial charge on any atom is 0.341 e. The monoisotopic (exact) mass is 335 g/mol. The van der Waals surface area contributed by atoms with Crippen LogP contribution in [0.5, 0.6) is 0 Å². The fraction of sp³-hybridized carbons (Fsp3) is 0.467. The lowest BCUT2D eigenvalue weighted by Crippen LogP contribution is -2.13. The molecule has 0 atom stereocenters. The Labute approximate surface area is 137 Å². The summed E-state index contributed by atoms with van der Waals surface area (Å²) in [5.41, 5.74) is 1.47. The number of nitrogens with one attached hydrogen (secondary N) is 1. The lowest BCUT2D eigenvalue weighted by Gasteiger charge is -2.12. The van der Waals surface area contributed by atoms with E-state index in [4.69, 9.17) is 9.15 Å². The van der Waals surface area contributed by atoms with E-state index in [1.807, 2.05) is 0 Å². The summed E-state index contributed by atoms with van der Waals surface area (Å²) in [7, 11) is 0. The zero-order valence-corrected chi connectivity index (χ0v) is 13.8. The van der Waals surface area contributed by atoms with Crippen LogP contribution in [0.1, 0.15) is 52.3 Å². The SMILES string of the molecule is CC(=O)Nc1sc2c(c1C(=O)OCc1nnc(C)o1)CCCC2. The Morgan fingerprint density at radius 3 is 2.78 bits per heavy atom. The van der Waals surface area contributed by atoms with Gasteiger partial charge >= 0.3 is 5.97 Å². The quantitative estimate of drug-likeness (QED) is 0.863. The molecule has 1 aliphatic rings. The lowest BCUT2D eigenvalue weighted by atomic mass is 9.95. The highest BCUT2D eigenvalue weighted by Gasteiger charge is 2.27. The molecule has 2 aromatic rings. The smallest absolute Gasteiger partial charge is 0.341 e. The van der Waals surface area contributed by atoms with E-state index in [1.54, 1.807) is 6.92 Å². The molecule has 8 heteroatoms. The van der Waals surface area contributed by atoms with Crippen molar-refractivity contribution < 1.29 is 18.7 Å². The van der Waals surface area contributed by atoms with Crippen LogP contribution in [0.25, 0.3) is 0 Å². The maximum atomic E-state index is 12.5. The molecule has 23 heavy (non-hydrogen) atoms. The molecule has 0 aliphatic heterocycles. The zero-order valence-electron chi connectivity index (χ0n) is 13.0. The van der Waals surface area contributed by atoms with E-state index in [0.29, 0.717) is 16.5 Å². The number of thiophene rings is 1. The van der Waals surface area contributed by atoms with Crippen LogP contribution in [-0.2, 0) is 29.0 Å². The summed E-state index contributed by atoms with van der Waals surface area (Å²) < 4.78 is 10.5. The first-order valence-electron chi connectivity index (χ1n) is 7.43. The molecule has 1 amide bonds. The number of ether oxygens (including phenoxy) is 1. The minimum absolute atomic E-state index is 0.0796. The Kier molecular flexibility index (Phi) is 4.42. The van der Waals surface area contributed by atoms with Crippen LogP contribution in [0, 0.1) is 6.92 Å². The number of aryl methyl sites for hydroxylation is 2. The molecule has 122 valence electrons. The standard InChI is InChI=1S/C15H17N3O4S/c1-8(19)16-14-13(10-5-3-4-6-11(10)23-14)15(20)21-7-12-18-17-9(2)22-12/h3-7H2,1-2H3,(H,16,19). The summed E-state index contributed by atoms with van der Waals surface area (Å²) in [6.45, 7) is 3.02. The van der Waals surface area contributed by atoms with Gasteiger partial charge in [-0.1, -0.05) is 0 Å². The van der Waals surface area contributed by atoms with Gasteiger partial charge in [0, 0.05) is 18.7 Å². The van der Waals surface area contributed by atoms with E-state index < -0.39 is 5.97 Å². The minimum Gasteiger partial charge on any atom is -0.452 e. The summed E-state index contributed by atoms with van der Waals surface area (Å²) in [6, 6.07) is 0. The number of aromatic nitrogens is 2. The third kappa shape index (κ3) is 3.42. The molecule has 0 bridgehead atoms. The lowest BCUT2D eigenvalue weighted by molar-refractivity contribution is -0.114. The second-order valence-electron chi connectivity index (χ2n) is 5.39. The van der Waals surface area contributed by atoms with Gasteiger partial charge in [0.05, 0.1) is 5.56 Å². The summed E-state index contributed by atoms with van der Waals surface area (Å²) >= 11 is 1.46. The summed E-state index contributed by atoms with van der Waals surface area (Å²) in [4.78, 5) is 25.0. The number of rotatable bonds is 4. The molecule has 0 radical (unpaired) electrons. The number of fused-ring (bicyclic) bond motifs is 1. The number of hydrogen-bond donors (Lipinski definition) is 1. The van der Waals surface area contributed by atoms with E-state index in [2.05, 4.69) is 15.5 Å². The molecule has 0 saturated carbocycles. The maximum absolute atomic E-state index is 12.5. The predicted octanol–water partition coefficient (Wildman–Crippen LogP) is 2.63. The number of nitrogens with zero attached hydrogens (tertiary/aromatic N) is 2. The van der Waals surface area contributed by atoms with Gasteiger partial charge in [-0.25, -0.2) is 4.79 Å². The second-order valence-corrected chi connectivity index (χ2v) is 6.49. The third-order valence-corrected chi connectivity index (χ3v) is 4.77. The number of anilines is 1. The highest BCUT2D eigenvalue weighted by Crippen LogP contribution is 2.38. The van der Waals surface area contributed by atoms with Crippen LogP contribution in [-0.4, -0.2) is 22.1 Å². The van der Waals surface area contributed by atoms with Gasteiger partial charge in [-0.2, -0.15) is 0 Å². The molecule has 2 heterocycles. The molecular formula is C15H17N3O4S. The van der Waals surface area contributed by atoms with E-state index in [0.717, 1.165) is 36.1 Å². The second kappa shape index (κ2) is 6.49. The minimum atomic E-state index is -0.469. The van der Waals surface area contributed by atoms with E-state index in [1.165, 1.54) is 18.3 Å². The van der Waals surface area contributed by atoms with Crippen LogP contribution in [0.3, 0.4) is 0 Å². The Bertz CT molecular complexity index is 750. The fourth-order valence-electron chi connectivity index (χ4n) is 2.63. The average molecular weight is 335 g/mol. The van der Waals surface area contributed by atoms with Crippen LogP contribution >= 0.6 is 11.3 Å². The van der Waals surface area contributed by atoms with Gasteiger partial charge in [-0.05, 0) is 31.2 Å². The molecule has 3 rings (SSSR count). The van der Waals surface area contributed by atoms with Crippen molar-refractivity contribution in [3.8, 4) is 0 Å². The van der Waals surface area contributed by atoms with Crippen molar-refractivity contribution in [2.75, 3.05) is 5.32 Å². The highest BCUT2D eigenvalue weighted by atomic mass is 32.1. The van der Waals surface area contributed by atoms with E-state index in [9.17, 15) is 9.59 Å². The molecule has 1 aliphatic carbocycles. The number of carbonyl (C=O) groups excluding carboxylic acids is 2. The zero-order chi connectivity index (χ0) is 16.4. The Hall–Kier alpha value is -2.22. The Morgan fingerprint density at radius 2 is 2.09 bits per heavy atom. The summed E-state index contributed by atoms with van der Waals surface area (Å²) in [6.07, 6.45) is 3.90. The van der Waals surface area contributed by atoms with Crippen molar-refractivity contribution in [1.29, 1.82) is 0 Å². The topological polar surface area (TPSA) is 94.3 Å². The van der Waals surface area contributed by atoms with Crippen molar-refractivity contribution in [2.45, 2.75) is 46.1 Å². The van der Waals surface area contributed by atoms with Gasteiger partial charge in [0.2, 0.25) is 11.8 Å².